The van der Waals surface area contributed by atoms with Crippen molar-refractivity contribution in [2.24, 2.45) is 5.92 Å². The Hall–Kier alpha value is -0.810. The Morgan fingerprint density at radius 2 is 2.18 bits per heavy atom. The molecule has 1 N–H and O–H groups in total. The second kappa shape index (κ2) is 6.21. The molecule has 0 spiro atoms. The zero-order valence-corrected chi connectivity index (χ0v) is 11.3. The summed E-state index contributed by atoms with van der Waals surface area (Å²) in [6, 6.07) is 2.06. The molecule has 4 nitrogen and oxygen atoms in total. The van der Waals surface area contributed by atoms with Crippen molar-refractivity contribution in [2.75, 3.05) is 37.8 Å². The van der Waals surface area contributed by atoms with Gasteiger partial charge in [-0.15, -0.1) is 11.8 Å². The quantitative estimate of drug-likeness (QED) is 0.651. The molecule has 0 unspecified atom stereocenters. The average Bonchev–Trinajstić information content (AvgIpc) is 2.40. The third-order valence-electron chi connectivity index (χ3n) is 3.22. The van der Waals surface area contributed by atoms with Crippen molar-refractivity contribution in [3.63, 3.8) is 0 Å². The molecular weight excluding hydrogens is 232 g/mol. The van der Waals surface area contributed by atoms with Crippen LogP contribution in [-0.4, -0.2) is 42.9 Å². The Balaban J connectivity index is 1.95. The number of anilines is 1. The lowest BCUT2D eigenvalue weighted by atomic mass is 9.98. The molecule has 1 fully saturated rings. The molecule has 94 valence electrons. The second-order valence-electron chi connectivity index (χ2n) is 4.49. The minimum Gasteiger partial charge on any atom is -0.359 e. The SMILES string of the molecule is CSc1cc(N(C)CC2CCNCC2)ncn1. The van der Waals surface area contributed by atoms with Crippen molar-refractivity contribution in [3.05, 3.63) is 12.4 Å². The maximum atomic E-state index is 4.34. The lowest BCUT2D eigenvalue weighted by molar-refractivity contribution is 0.377. The third-order valence-corrected chi connectivity index (χ3v) is 3.86. The first-order valence-electron chi connectivity index (χ1n) is 6.07. The fourth-order valence-corrected chi connectivity index (χ4v) is 2.57. The van der Waals surface area contributed by atoms with Crippen molar-refractivity contribution < 1.29 is 0 Å². The van der Waals surface area contributed by atoms with Gasteiger partial charge < -0.3 is 10.2 Å². The normalized spacial score (nSPS) is 17.1. The van der Waals surface area contributed by atoms with Crippen LogP contribution in [0.2, 0.25) is 0 Å². The zero-order valence-electron chi connectivity index (χ0n) is 10.5. The van der Waals surface area contributed by atoms with Crippen LogP contribution in [0.4, 0.5) is 5.82 Å². The van der Waals surface area contributed by atoms with Gasteiger partial charge in [0.05, 0.1) is 0 Å². The second-order valence-corrected chi connectivity index (χ2v) is 5.32. The fraction of sp³-hybridized carbons (Fsp3) is 0.667. The Morgan fingerprint density at radius 3 is 2.88 bits per heavy atom. The van der Waals surface area contributed by atoms with Gasteiger partial charge in [-0.2, -0.15) is 0 Å². The Bertz CT molecular complexity index is 352. The topological polar surface area (TPSA) is 41.0 Å². The van der Waals surface area contributed by atoms with Crippen LogP contribution in [0.5, 0.6) is 0 Å². The van der Waals surface area contributed by atoms with Gasteiger partial charge in [0.15, 0.2) is 0 Å². The first-order valence-corrected chi connectivity index (χ1v) is 7.30. The van der Waals surface area contributed by atoms with E-state index in [1.54, 1.807) is 18.1 Å². The van der Waals surface area contributed by atoms with Gasteiger partial charge in [0.2, 0.25) is 0 Å². The molecule has 0 aliphatic carbocycles. The molecule has 1 aliphatic heterocycles. The van der Waals surface area contributed by atoms with E-state index in [1.807, 2.05) is 6.26 Å². The molecule has 0 atom stereocenters. The summed E-state index contributed by atoms with van der Waals surface area (Å²) < 4.78 is 0. The number of hydrogen-bond donors (Lipinski definition) is 1. The van der Waals surface area contributed by atoms with Crippen LogP contribution in [0.1, 0.15) is 12.8 Å². The lowest BCUT2D eigenvalue weighted by Gasteiger charge is -2.28. The molecule has 2 rings (SSSR count). The summed E-state index contributed by atoms with van der Waals surface area (Å²) in [4.78, 5) is 10.8. The van der Waals surface area contributed by atoms with Crippen LogP contribution >= 0.6 is 11.8 Å². The average molecular weight is 252 g/mol. The van der Waals surface area contributed by atoms with E-state index in [2.05, 4.69) is 33.3 Å². The monoisotopic (exact) mass is 252 g/mol. The van der Waals surface area contributed by atoms with Crippen molar-refractivity contribution in [1.29, 1.82) is 0 Å². The third kappa shape index (κ3) is 3.57. The molecule has 0 radical (unpaired) electrons. The molecule has 1 aromatic rings. The number of aromatic nitrogens is 2. The summed E-state index contributed by atoms with van der Waals surface area (Å²) in [5.41, 5.74) is 0. The first-order chi connectivity index (χ1) is 8.29. The van der Waals surface area contributed by atoms with E-state index in [4.69, 9.17) is 0 Å². The molecule has 0 aromatic carbocycles. The van der Waals surface area contributed by atoms with Crippen LogP contribution in [-0.2, 0) is 0 Å². The van der Waals surface area contributed by atoms with E-state index < -0.39 is 0 Å². The molecule has 1 aromatic heterocycles. The number of piperidine rings is 1. The van der Waals surface area contributed by atoms with Crippen LogP contribution < -0.4 is 10.2 Å². The summed E-state index contributed by atoms with van der Waals surface area (Å²) >= 11 is 1.66. The van der Waals surface area contributed by atoms with Gasteiger partial charge in [0.25, 0.3) is 0 Å². The molecule has 2 heterocycles. The molecule has 5 heteroatoms. The highest BCUT2D eigenvalue weighted by Crippen LogP contribution is 2.19. The largest absolute Gasteiger partial charge is 0.359 e. The number of nitrogens with zero attached hydrogens (tertiary/aromatic N) is 3. The Kier molecular flexibility index (Phi) is 4.62. The lowest BCUT2D eigenvalue weighted by Crippen LogP contribution is -2.34. The predicted molar refractivity (Wildman–Crippen MR) is 72.7 cm³/mol. The standard InChI is InChI=1S/C12H20N4S/c1-16(8-10-3-5-13-6-4-10)11-7-12(17-2)15-9-14-11/h7,9-10,13H,3-6,8H2,1-2H3. The van der Waals surface area contributed by atoms with Crippen molar-refractivity contribution in [1.82, 2.24) is 15.3 Å². The van der Waals surface area contributed by atoms with Crippen LogP contribution in [0.25, 0.3) is 0 Å². The first kappa shape index (κ1) is 12.6. The van der Waals surface area contributed by atoms with Gasteiger partial charge in [0.1, 0.15) is 17.2 Å². The highest BCUT2D eigenvalue weighted by Gasteiger charge is 2.15. The zero-order chi connectivity index (χ0) is 12.1. The van der Waals surface area contributed by atoms with E-state index in [1.165, 1.54) is 12.8 Å². The molecule has 0 saturated carbocycles. The minimum absolute atomic E-state index is 0.786. The molecule has 1 saturated heterocycles. The number of rotatable bonds is 4. The van der Waals surface area contributed by atoms with E-state index in [-0.39, 0.29) is 0 Å². The molecule has 17 heavy (non-hydrogen) atoms. The number of nitrogens with one attached hydrogen (secondary N) is 1. The van der Waals surface area contributed by atoms with Crippen LogP contribution in [0, 0.1) is 5.92 Å². The maximum Gasteiger partial charge on any atom is 0.132 e. The van der Waals surface area contributed by atoms with Crippen molar-refractivity contribution in [3.8, 4) is 0 Å². The van der Waals surface area contributed by atoms with Gasteiger partial charge in [0, 0.05) is 19.7 Å². The van der Waals surface area contributed by atoms with Crippen LogP contribution in [0.15, 0.2) is 17.4 Å². The van der Waals surface area contributed by atoms with Gasteiger partial charge in [-0.05, 0) is 38.1 Å². The van der Waals surface area contributed by atoms with Crippen molar-refractivity contribution >= 4 is 17.6 Å². The van der Waals surface area contributed by atoms with Gasteiger partial charge in [-0.1, -0.05) is 0 Å². The predicted octanol–water partition coefficient (Wildman–Crippen LogP) is 1.63. The van der Waals surface area contributed by atoms with E-state index in [0.29, 0.717) is 0 Å². The van der Waals surface area contributed by atoms with Gasteiger partial charge in [-0.25, -0.2) is 9.97 Å². The molecular formula is C12H20N4S. The minimum atomic E-state index is 0.786. The van der Waals surface area contributed by atoms with Crippen LogP contribution in [0.3, 0.4) is 0 Å². The summed E-state index contributed by atoms with van der Waals surface area (Å²) in [5.74, 6) is 1.82. The highest BCUT2D eigenvalue weighted by molar-refractivity contribution is 7.98. The summed E-state index contributed by atoms with van der Waals surface area (Å²) in [7, 11) is 2.12. The van der Waals surface area contributed by atoms with E-state index in [9.17, 15) is 0 Å². The fourth-order valence-electron chi connectivity index (χ4n) is 2.20. The maximum absolute atomic E-state index is 4.34. The summed E-state index contributed by atoms with van der Waals surface area (Å²) in [6.45, 7) is 3.39. The summed E-state index contributed by atoms with van der Waals surface area (Å²) in [5, 5.41) is 4.43. The number of hydrogen-bond acceptors (Lipinski definition) is 5. The molecule has 1 aliphatic rings. The molecule has 0 bridgehead atoms. The highest BCUT2D eigenvalue weighted by atomic mass is 32.2. The Morgan fingerprint density at radius 1 is 1.41 bits per heavy atom. The van der Waals surface area contributed by atoms with Crippen molar-refractivity contribution in [2.45, 2.75) is 17.9 Å². The van der Waals surface area contributed by atoms with Gasteiger partial charge in [-0.3, -0.25) is 0 Å². The van der Waals surface area contributed by atoms with Gasteiger partial charge >= 0.3 is 0 Å². The molecule has 0 amide bonds. The summed E-state index contributed by atoms with van der Waals surface area (Å²) in [6.07, 6.45) is 6.23. The Labute approximate surface area is 107 Å². The number of thioether (sulfide) groups is 1. The van der Waals surface area contributed by atoms with E-state index >= 15 is 0 Å². The van der Waals surface area contributed by atoms with E-state index in [0.717, 1.165) is 36.4 Å². The smallest absolute Gasteiger partial charge is 0.132 e.